The lowest BCUT2D eigenvalue weighted by Crippen LogP contribution is -2.14. The average molecular weight is 333 g/mol. The summed E-state index contributed by atoms with van der Waals surface area (Å²) in [7, 11) is 0. The molecule has 0 saturated heterocycles. The van der Waals surface area contributed by atoms with Gasteiger partial charge in [0, 0.05) is 24.0 Å². The van der Waals surface area contributed by atoms with Gasteiger partial charge in [-0.3, -0.25) is 0 Å². The number of benzene rings is 1. The third kappa shape index (κ3) is 3.27. The molecule has 1 N–H and O–H groups in total. The van der Waals surface area contributed by atoms with Gasteiger partial charge in [-0.25, -0.2) is 14.6 Å². The number of nitrogens with zero attached hydrogens (tertiary/aromatic N) is 4. The fourth-order valence-corrected chi connectivity index (χ4v) is 3.48. The second kappa shape index (κ2) is 6.67. The van der Waals surface area contributed by atoms with Crippen LogP contribution in [0.15, 0.2) is 36.5 Å². The second-order valence-corrected chi connectivity index (χ2v) is 6.64. The normalized spacial score (nSPS) is 13.5. The third-order valence-corrected chi connectivity index (χ3v) is 4.70. The Morgan fingerprint density at radius 1 is 1.04 bits per heavy atom. The van der Waals surface area contributed by atoms with Crippen molar-refractivity contribution in [3.8, 4) is 5.69 Å². The molecule has 4 rings (SSSR count). The lowest BCUT2D eigenvalue weighted by molar-refractivity contribution is 0.659. The molecule has 1 aliphatic carbocycles. The van der Waals surface area contributed by atoms with Crippen LogP contribution in [0.5, 0.6) is 0 Å². The smallest absolute Gasteiger partial charge is 0.133 e. The predicted octanol–water partition coefficient (Wildman–Crippen LogP) is 3.77. The molecule has 0 atom stereocenters. The number of nitrogens with one attached hydrogen (secondary N) is 1. The summed E-state index contributed by atoms with van der Waals surface area (Å²) in [6, 6.07) is 10.4. The Hall–Kier alpha value is -2.69. The van der Waals surface area contributed by atoms with Crippen molar-refractivity contribution in [2.45, 2.75) is 46.1 Å². The summed E-state index contributed by atoms with van der Waals surface area (Å²) in [5, 5.41) is 8.10. The Balaban J connectivity index is 1.62. The number of para-hydroxylation sites is 1. The van der Waals surface area contributed by atoms with E-state index in [1.54, 1.807) is 0 Å². The number of rotatable bonds is 4. The van der Waals surface area contributed by atoms with E-state index in [-0.39, 0.29) is 0 Å². The highest BCUT2D eigenvalue weighted by Crippen LogP contribution is 2.26. The molecule has 3 aromatic rings. The highest BCUT2D eigenvalue weighted by Gasteiger charge is 2.17. The standard InChI is InChI=1S/C20H23N5/c1-14-11-12-25(24-14)19-10-6-3-7-16(19)13-21-20-17-8-4-5-9-18(17)22-15(2)23-20/h3,6-7,10-12H,4-5,8-9,13H2,1-2H3,(H,21,22,23). The van der Waals surface area contributed by atoms with Crippen LogP contribution in [0.4, 0.5) is 5.82 Å². The maximum Gasteiger partial charge on any atom is 0.133 e. The van der Waals surface area contributed by atoms with Crippen molar-refractivity contribution >= 4 is 5.82 Å². The van der Waals surface area contributed by atoms with Crippen LogP contribution in [0.3, 0.4) is 0 Å². The highest BCUT2D eigenvalue weighted by molar-refractivity contribution is 5.50. The van der Waals surface area contributed by atoms with Gasteiger partial charge >= 0.3 is 0 Å². The third-order valence-electron chi connectivity index (χ3n) is 4.70. The highest BCUT2D eigenvalue weighted by atomic mass is 15.3. The molecule has 128 valence electrons. The minimum atomic E-state index is 0.720. The van der Waals surface area contributed by atoms with Crippen molar-refractivity contribution in [3.63, 3.8) is 0 Å². The summed E-state index contributed by atoms with van der Waals surface area (Å²) in [4.78, 5) is 9.30. The van der Waals surface area contributed by atoms with E-state index in [2.05, 4.69) is 38.6 Å². The van der Waals surface area contributed by atoms with Crippen LogP contribution >= 0.6 is 0 Å². The lowest BCUT2D eigenvalue weighted by Gasteiger charge is -2.19. The van der Waals surface area contributed by atoms with Crippen LogP contribution in [0.25, 0.3) is 5.69 Å². The molecule has 0 unspecified atom stereocenters. The first-order valence-electron chi connectivity index (χ1n) is 8.91. The average Bonchev–Trinajstić information content (AvgIpc) is 3.06. The molecule has 0 radical (unpaired) electrons. The van der Waals surface area contributed by atoms with E-state index in [0.29, 0.717) is 0 Å². The van der Waals surface area contributed by atoms with Crippen LogP contribution in [0.2, 0.25) is 0 Å². The van der Waals surface area contributed by atoms with Gasteiger partial charge in [0.25, 0.3) is 0 Å². The topological polar surface area (TPSA) is 55.6 Å². The van der Waals surface area contributed by atoms with E-state index >= 15 is 0 Å². The zero-order chi connectivity index (χ0) is 17.2. The van der Waals surface area contributed by atoms with Crippen LogP contribution in [0, 0.1) is 13.8 Å². The van der Waals surface area contributed by atoms with Crippen molar-refractivity contribution < 1.29 is 0 Å². The molecule has 0 bridgehead atoms. The van der Waals surface area contributed by atoms with Gasteiger partial charge in [-0.05, 0) is 57.2 Å². The minimum Gasteiger partial charge on any atom is -0.366 e. The zero-order valence-corrected chi connectivity index (χ0v) is 14.8. The number of hydrogen-bond acceptors (Lipinski definition) is 4. The Morgan fingerprint density at radius 3 is 2.72 bits per heavy atom. The molecule has 0 saturated carbocycles. The summed E-state index contributed by atoms with van der Waals surface area (Å²) in [5.41, 5.74) is 5.83. The first-order chi connectivity index (χ1) is 12.2. The van der Waals surface area contributed by atoms with E-state index < -0.39 is 0 Å². The molecule has 1 aliphatic rings. The van der Waals surface area contributed by atoms with Gasteiger partial charge in [0.2, 0.25) is 0 Å². The fourth-order valence-electron chi connectivity index (χ4n) is 3.48. The van der Waals surface area contributed by atoms with Crippen LogP contribution in [-0.2, 0) is 19.4 Å². The van der Waals surface area contributed by atoms with Crippen LogP contribution in [0.1, 0.15) is 41.2 Å². The van der Waals surface area contributed by atoms with E-state index in [1.807, 2.05) is 36.9 Å². The molecular weight excluding hydrogens is 310 g/mol. The SMILES string of the molecule is Cc1ccn(-c2ccccc2CNc2nc(C)nc3c2CCCC3)n1. The summed E-state index contributed by atoms with van der Waals surface area (Å²) < 4.78 is 1.94. The first kappa shape index (κ1) is 15.8. The number of hydrogen-bond donors (Lipinski definition) is 1. The number of fused-ring (bicyclic) bond motifs is 1. The van der Waals surface area contributed by atoms with E-state index in [4.69, 9.17) is 0 Å². The second-order valence-electron chi connectivity index (χ2n) is 6.64. The van der Waals surface area contributed by atoms with Crippen molar-refractivity contribution in [3.05, 3.63) is 64.9 Å². The molecule has 0 aliphatic heterocycles. The molecule has 5 heteroatoms. The predicted molar refractivity (Wildman–Crippen MR) is 99.0 cm³/mol. The molecule has 0 amide bonds. The van der Waals surface area contributed by atoms with Gasteiger partial charge in [0.05, 0.1) is 11.4 Å². The molecular formula is C20H23N5. The van der Waals surface area contributed by atoms with E-state index in [1.165, 1.54) is 29.7 Å². The molecule has 0 spiro atoms. The maximum absolute atomic E-state index is 4.66. The number of aryl methyl sites for hydroxylation is 3. The molecule has 2 aromatic heterocycles. The number of aromatic nitrogens is 4. The summed E-state index contributed by atoms with van der Waals surface area (Å²) in [6.45, 7) is 4.70. The molecule has 5 nitrogen and oxygen atoms in total. The molecule has 2 heterocycles. The van der Waals surface area contributed by atoms with Crippen molar-refractivity contribution in [2.75, 3.05) is 5.32 Å². The van der Waals surface area contributed by atoms with Gasteiger partial charge in [0.15, 0.2) is 0 Å². The van der Waals surface area contributed by atoms with E-state index in [9.17, 15) is 0 Å². The Kier molecular flexibility index (Phi) is 4.22. The first-order valence-corrected chi connectivity index (χ1v) is 8.91. The summed E-state index contributed by atoms with van der Waals surface area (Å²) >= 11 is 0. The Bertz CT molecular complexity index is 897. The zero-order valence-electron chi connectivity index (χ0n) is 14.8. The maximum atomic E-state index is 4.66. The van der Waals surface area contributed by atoms with E-state index in [0.717, 1.165) is 42.4 Å². The largest absolute Gasteiger partial charge is 0.366 e. The van der Waals surface area contributed by atoms with Gasteiger partial charge in [-0.1, -0.05) is 18.2 Å². The quantitative estimate of drug-likeness (QED) is 0.789. The molecule has 25 heavy (non-hydrogen) atoms. The van der Waals surface area contributed by atoms with Gasteiger partial charge < -0.3 is 5.32 Å². The van der Waals surface area contributed by atoms with Crippen molar-refractivity contribution in [1.29, 1.82) is 0 Å². The van der Waals surface area contributed by atoms with Crippen LogP contribution < -0.4 is 5.32 Å². The summed E-state index contributed by atoms with van der Waals surface area (Å²) in [5.74, 6) is 1.84. The van der Waals surface area contributed by atoms with Crippen molar-refractivity contribution in [1.82, 2.24) is 19.7 Å². The fraction of sp³-hybridized carbons (Fsp3) is 0.350. The summed E-state index contributed by atoms with van der Waals surface area (Å²) in [6.07, 6.45) is 6.58. The Morgan fingerprint density at radius 2 is 1.88 bits per heavy atom. The monoisotopic (exact) mass is 333 g/mol. The molecule has 0 fully saturated rings. The lowest BCUT2D eigenvalue weighted by atomic mass is 9.96. The van der Waals surface area contributed by atoms with Gasteiger partial charge in [-0.2, -0.15) is 5.10 Å². The van der Waals surface area contributed by atoms with Crippen molar-refractivity contribution in [2.24, 2.45) is 0 Å². The van der Waals surface area contributed by atoms with Gasteiger partial charge in [-0.15, -0.1) is 0 Å². The number of anilines is 1. The van der Waals surface area contributed by atoms with Gasteiger partial charge in [0.1, 0.15) is 11.6 Å². The molecule has 1 aromatic carbocycles. The Labute approximate surface area is 148 Å². The minimum absolute atomic E-state index is 0.720. The van der Waals surface area contributed by atoms with Crippen LogP contribution in [-0.4, -0.2) is 19.7 Å².